The lowest BCUT2D eigenvalue weighted by atomic mass is 10.1. The van der Waals surface area contributed by atoms with E-state index in [1.807, 2.05) is 45.3 Å². The van der Waals surface area contributed by atoms with Gasteiger partial charge in [0, 0.05) is 17.6 Å². The van der Waals surface area contributed by atoms with Gasteiger partial charge in [-0.1, -0.05) is 40.2 Å². The number of nitrogens with zero attached hydrogens (tertiary/aromatic N) is 1. The van der Waals surface area contributed by atoms with Crippen LogP contribution in [-0.4, -0.2) is 27.4 Å². The van der Waals surface area contributed by atoms with Crippen molar-refractivity contribution in [1.82, 2.24) is 9.62 Å². The fourth-order valence-corrected chi connectivity index (χ4v) is 3.52. The lowest BCUT2D eigenvalue weighted by Gasteiger charge is -2.11. The van der Waals surface area contributed by atoms with Gasteiger partial charge in [-0.3, -0.25) is 0 Å². The molecule has 4 nitrogen and oxygen atoms in total. The zero-order valence-electron chi connectivity index (χ0n) is 13.5. The Morgan fingerprint density at radius 2 is 1.65 bits per heavy atom. The van der Waals surface area contributed by atoms with Crippen molar-refractivity contribution in [3.05, 3.63) is 63.6 Å². The number of sulfonamides is 1. The van der Waals surface area contributed by atoms with Gasteiger partial charge in [0.1, 0.15) is 0 Å². The molecule has 124 valence electrons. The summed E-state index contributed by atoms with van der Waals surface area (Å²) in [5, 5.41) is 0. The summed E-state index contributed by atoms with van der Waals surface area (Å²) in [6.45, 7) is 3.01. The quantitative estimate of drug-likeness (QED) is 0.814. The number of nitrogens with one attached hydrogen (secondary N) is 1. The van der Waals surface area contributed by atoms with Crippen LogP contribution in [0.3, 0.4) is 0 Å². The molecule has 0 aromatic heterocycles. The molecule has 2 rings (SSSR count). The summed E-state index contributed by atoms with van der Waals surface area (Å²) >= 11 is 3.38. The van der Waals surface area contributed by atoms with E-state index >= 15 is 0 Å². The van der Waals surface area contributed by atoms with E-state index in [0.29, 0.717) is 0 Å². The first-order chi connectivity index (χ1) is 10.8. The Morgan fingerprint density at radius 1 is 1.04 bits per heavy atom. The number of hydrogen-bond acceptors (Lipinski definition) is 3. The van der Waals surface area contributed by atoms with Crippen LogP contribution in [0.25, 0.3) is 0 Å². The zero-order valence-corrected chi connectivity index (χ0v) is 15.9. The third kappa shape index (κ3) is 5.14. The minimum absolute atomic E-state index is 0.277. The third-order valence-electron chi connectivity index (χ3n) is 3.43. The van der Waals surface area contributed by atoms with Crippen molar-refractivity contribution in [3.8, 4) is 0 Å². The summed E-state index contributed by atoms with van der Waals surface area (Å²) < 4.78 is 28.2. The molecule has 0 atom stereocenters. The average Bonchev–Trinajstić information content (AvgIpc) is 2.49. The van der Waals surface area contributed by atoms with Crippen LogP contribution >= 0.6 is 15.9 Å². The van der Waals surface area contributed by atoms with Crippen molar-refractivity contribution in [3.63, 3.8) is 0 Å². The van der Waals surface area contributed by atoms with Crippen LogP contribution in [0, 0.1) is 6.92 Å². The van der Waals surface area contributed by atoms with Crippen LogP contribution in [-0.2, 0) is 23.1 Å². The van der Waals surface area contributed by atoms with E-state index in [1.54, 1.807) is 18.2 Å². The van der Waals surface area contributed by atoms with E-state index in [9.17, 15) is 8.42 Å². The number of benzene rings is 2. The number of rotatable bonds is 6. The van der Waals surface area contributed by atoms with Crippen LogP contribution in [0.4, 0.5) is 0 Å². The first kappa shape index (κ1) is 18.1. The first-order valence-electron chi connectivity index (χ1n) is 7.26. The van der Waals surface area contributed by atoms with Crippen molar-refractivity contribution < 1.29 is 8.42 Å². The highest BCUT2D eigenvalue weighted by atomic mass is 79.9. The van der Waals surface area contributed by atoms with Crippen molar-refractivity contribution in [2.24, 2.45) is 0 Å². The molecule has 0 spiro atoms. The summed E-state index contributed by atoms with van der Waals surface area (Å²) in [5.74, 6) is 0. The number of hydrogen-bond donors (Lipinski definition) is 1. The molecule has 2 aromatic carbocycles. The smallest absolute Gasteiger partial charge is 0.240 e. The fraction of sp³-hybridized carbons (Fsp3) is 0.294. The molecular weight excluding hydrogens is 376 g/mol. The minimum atomic E-state index is -3.51. The second-order valence-electron chi connectivity index (χ2n) is 5.79. The van der Waals surface area contributed by atoms with Gasteiger partial charge in [0.2, 0.25) is 10.0 Å². The minimum Gasteiger partial charge on any atom is -0.305 e. The highest BCUT2D eigenvalue weighted by molar-refractivity contribution is 9.10. The molecule has 0 aliphatic heterocycles. The Morgan fingerprint density at radius 3 is 2.22 bits per heavy atom. The molecule has 0 radical (unpaired) electrons. The van der Waals surface area contributed by atoms with Gasteiger partial charge in [-0.2, -0.15) is 0 Å². The molecule has 0 saturated heterocycles. The molecule has 0 saturated carbocycles. The zero-order chi connectivity index (χ0) is 17.0. The summed E-state index contributed by atoms with van der Waals surface area (Å²) in [5.41, 5.74) is 3.02. The maximum absolute atomic E-state index is 12.3. The molecule has 0 bridgehead atoms. The second-order valence-corrected chi connectivity index (χ2v) is 8.41. The van der Waals surface area contributed by atoms with E-state index in [0.717, 1.165) is 22.1 Å². The van der Waals surface area contributed by atoms with Crippen molar-refractivity contribution in [2.75, 3.05) is 14.1 Å². The Kier molecular flexibility index (Phi) is 5.97. The van der Waals surface area contributed by atoms with Crippen molar-refractivity contribution >= 4 is 26.0 Å². The SMILES string of the molecule is Cc1cc(S(=O)(=O)NCc2ccc(CN(C)C)cc2)ccc1Br. The van der Waals surface area contributed by atoms with Gasteiger partial charge in [0.15, 0.2) is 0 Å². The van der Waals surface area contributed by atoms with Crippen molar-refractivity contribution in [2.45, 2.75) is 24.9 Å². The molecule has 0 amide bonds. The number of halogens is 1. The van der Waals surface area contributed by atoms with Gasteiger partial charge >= 0.3 is 0 Å². The Hall–Kier alpha value is -1.21. The van der Waals surface area contributed by atoms with E-state index in [4.69, 9.17) is 0 Å². The van der Waals surface area contributed by atoms with Crippen LogP contribution < -0.4 is 4.72 Å². The summed E-state index contributed by atoms with van der Waals surface area (Å²) in [6, 6.07) is 13.0. The van der Waals surface area contributed by atoms with Crippen LogP contribution in [0.15, 0.2) is 51.8 Å². The summed E-state index contributed by atoms with van der Waals surface area (Å²) in [7, 11) is 0.526. The molecule has 0 heterocycles. The normalized spacial score (nSPS) is 11.9. The van der Waals surface area contributed by atoms with Crippen molar-refractivity contribution in [1.29, 1.82) is 0 Å². The molecule has 0 fully saturated rings. The fourth-order valence-electron chi connectivity index (χ4n) is 2.17. The van der Waals surface area contributed by atoms with Gasteiger partial charge in [-0.15, -0.1) is 0 Å². The highest BCUT2D eigenvalue weighted by Crippen LogP contribution is 2.20. The lowest BCUT2D eigenvalue weighted by molar-refractivity contribution is 0.402. The van der Waals surface area contributed by atoms with Gasteiger partial charge < -0.3 is 4.90 Å². The predicted molar refractivity (Wildman–Crippen MR) is 96.7 cm³/mol. The van der Waals surface area contributed by atoms with Gasteiger partial charge in [-0.25, -0.2) is 13.1 Å². The Bertz CT molecular complexity index is 772. The molecule has 23 heavy (non-hydrogen) atoms. The first-order valence-corrected chi connectivity index (χ1v) is 9.54. The largest absolute Gasteiger partial charge is 0.305 e. The van der Waals surface area contributed by atoms with E-state index < -0.39 is 10.0 Å². The predicted octanol–water partition coefficient (Wildman–Crippen LogP) is 3.30. The third-order valence-corrected chi connectivity index (χ3v) is 5.72. The molecule has 6 heteroatoms. The van der Waals surface area contributed by atoms with Gasteiger partial charge in [-0.05, 0) is 55.9 Å². The Labute approximate surface area is 146 Å². The average molecular weight is 397 g/mol. The molecule has 0 aliphatic rings. The second kappa shape index (κ2) is 7.57. The summed E-state index contributed by atoms with van der Waals surface area (Å²) in [4.78, 5) is 2.37. The molecule has 1 N–H and O–H groups in total. The standard InChI is InChI=1S/C17H21BrN2O2S/c1-13-10-16(8-9-17(13)18)23(21,22)19-11-14-4-6-15(7-5-14)12-20(2)3/h4-10,19H,11-12H2,1-3H3. The Balaban J connectivity index is 2.05. The maximum atomic E-state index is 12.3. The van der Waals surface area contributed by atoms with Gasteiger partial charge in [0.05, 0.1) is 4.90 Å². The monoisotopic (exact) mass is 396 g/mol. The number of aryl methyl sites for hydroxylation is 1. The van der Waals surface area contributed by atoms with E-state index in [1.165, 1.54) is 5.56 Å². The molecule has 2 aromatic rings. The highest BCUT2D eigenvalue weighted by Gasteiger charge is 2.14. The lowest BCUT2D eigenvalue weighted by Crippen LogP contribution is -2.23. The molecule has 0 unspecified atom stereocenters. The molecular formula is C17H21BrN2O2S. The molecule has 0 aliphatic carbocycles. The van der Waals surface area contributed by atoms with E-state index in [-0.39, 0.29) is 11.4 Å². The van der Waals surface area contributed by atoms with Gasteiger partial charge in [0.25, 0.3) is 0 Å². The summed E-state index contributed by atoms with van der Waals surface area (Å²) in [6.07, 6.45) is 0. The van der Waals surface area contributed by atoms with Crippen LogP contribution in [0.2, 0.25) is 0 Å². The van der Waals surface area contributed by atoms with Crippen LogP contribution in [0.5, 0.6) is 0 Å². The van der Waals surface area contributed by atoms with Crippen LogP contribution in [0.1, 0.15) is 16.7 Å². The maximum Gasteiger partial charge on any atom is 0.240 e. The topological polar surface area (TPSA) is 49.4 Å². The van der Waals surface area contributed by atoms with E-state index in [2.05, 4.69) is 25.6 Å².